The zero-order chi connectivity index (χ0) is 30.3. The SMILES string of the molecule is NC=CC=Nc1cc(N[C@@H](CCN(CCCCc2ccc3c(n2)NCCC3)CCOc2ccc(F)cc2)C(=O)O)ncn1. The number of aliphatic carboxylic acids is 1. The first-order valence-corrected chi connectivity index (χ1v) is 14.6. The number of halogens is 1. The van der Waals surface area contributed by atoms with E-state index in [4.69, 9.17) is 15.5 Å². The summed E-state index contributed by atoms with van der Waals surface area (Å²) in [6.07, 6.45) is 11.0. The number of carboxylic acid groups (broad SMARTS) is 1. The number of allylic oxidation sites excluding steroid dienone is 1. The van der Waals surface area contributed by atoms with Gasteiger partial charge in [-0.2, -0.15) is 0 Å². The fourth-order valence-corrected chi connectivity index (χ4v) is 4.72. The molecule has 2 aromatic heterocycles. The summed E-state index contributed by atoms with van der Waals surface area (Å²) in [6.45, 7) is 3.23. The predicted octanol–water partition coefficient (Wildman–Crippen LogP) is 4.20. The van der Waals surface area contributed by atoms with E-state index >= 15 is 0 Å². The molecule has 0 saturated carbocycles. The van der Waals surface area contributed by atoms with E-state index in [0.717, 1.165) is 56.7 Å². The summed E-state index contributed by atoms with van der Waals surface area (Å²) in [5, 5.41) is 16.3. The van der Waals surface area contributed by atoms with Gasteiger partial charge in [-0.05, 0) is 93.2 Å². The molecule has 1 aromatic carbocycles. The lowest BCUT2D eigenvalue weighted by molar-refractivity contribution is -0.138. The summed E-state index contributed by atoms with van der Waals surface area (Å²) < 4.78 is 19.1. The van der Waals surface area contributed by atoms with Gasteiger partial charge in [-0.1, -0.05) is 6.07 Å². The Hall–Kier alpha value is -4.58. The minimum atomic E-state index is -0.982. The number of nitrogens with one attached hydrogen (secondary N) is 2. The average Bonchev–Trinajstić information content (AvgIpc) is 3.02. The van der Waals surface area contributed by atoms with Gasteiger partial charge in [-0.15, -0.1) is 0 Å². The molecule has 4 rings (SSSR count). The van der Waals surface area contributed by atoms with Gasteiger partial charge in [-0.3, -0.25) is 4.90 Å². The molecule has 3 heterocycles. The Balaban J connectivity index is 1.32. The summed E-state index contributed by atoms with van der Waals surface area (Å²) in [4.78, 5) is 31.5. The quantitative estimate of drug-likeness (QED) is 0.133. The van der Waals surface area contributed by atoms with Gasteiger partial charge in [0.25, 0.3) is 0 Å². The van der Waals surface area contributed by atoms with E-state index in [-0.39, 0.29) is 5.82 Å². The second kappa shape index (κ2) is 16.8. The summed E-state index contributed by atoms with van der Waals surface area (Å²) in [6, 6.07) is 10.9. The lowest BCUT2D eigenvalue weighted by Crippen LogP contribution is -2.37. The summed E-state index contributed by atoms with van der Waals surface area (Å²) in [5.74, 6) is 1.03. The summed E-state index contributed by atoms with van der Waals surface area (Å²) in [7, 11) is 0. The first kappa shape index (κ1) is 31.4. The van der Waals surface area contributed by atoms with Gasteiger partial charge in [0, 0.05) is 37.6 Å². The molecular formula is C31H39FN8O3. The Bertz CT molecular complexity index is 1370. The molecule has 0 amide bonds. The van der Waals surface area contributed by atoms with Crippen molar-refractivity contribution in [2.24, 2.45) is 10.7 Å². The van der Waals surface area contributed by atoms with Crippen LogP contribution in [-0.2, 0) is 17.6 Å². The summed E-state index contributed by atoms with van der Waals surface area (Å²) in [5.41, 5.74) is 7.67. The van der Waals surface area contributed by atoms with Crippen molar-refractivity contribution in [1.82, 2.24) is 19.9 Å². The number of anilines is 2. The van der Waals surface area contributed by atoms with E-state index in [1.165, 1.54) is 36.4 Å². The van der Waals surface area contributed by atoms with E-state index in [2.05, 4.69) is 42.6 Å². The van der Waals surface area contributed by atoms with Crippen molar-refractivity contribution in [2.45, 2.75) is 44.6 Å². The molecule has 0 fully saturated rings. The third kappa shape index (κ3) is 10.6. The third-order valence-electron chi connectivity index (χ3n) is 7.01. The normalized spacial score (nSPS) is 13.6. The number of aryl methyl sites for hydroxylation is 2. The molecule has 0 bridgehead atoms. The molecule has 12 heteroatoms. The van der Waals surface area contributed by atoms with Crippen LogP contribution in [0, 0.1) is 5.82 Å². The number of nitrogens with zero attached hydrogens (tertiary/aromatic N) is 5. The van der Waals surface area contributed by atoms with Gasteiger partial charge in [0.05, 0.1) is 0 Å². The molecule has 1 atom stereocenters. The largest absolute Gasteiger partial charge is 0.492 e. The molecular weight excluding hydrogens is 551 g/mol. The Labute approximate surface area is 251 Å². The fraction of sp³-hybridized carbons (Fsp3) is 0.387. The number of ether oxygens (including phenoxy) is 1. The smallest absolute Gasteiger partial charge is 0.326 e. The number of carbonyl (C=O) groups is 1. The topological polar surface area (TPSA) is 151 Å². The molecule has 11 nitrogen and oxygen atoms in total. The van der Waals surface area contributed by atoms with Gasteiger partial charge >= 0.3 is 5.97 Å². The number of rotatable bonds is 17. The second-order valence-electron chi connectivity index (χ2n) is 10.2. The minimum absolute atomic E-state index is 0.319. The van der Waals surface area contributed by atoms with Crippen molar-refractivity contribution in [1.29, 1.82) is 0 Å². The van der Waals surface area contributed by atoms with Crippen LogP contribution in [0.15, 0.2) is 66.1 Å². The average molecular weight is 591 g/mol. The van der Waals surface area contributed by atoms with Gasteiger partial charge in [0.15, 0.2) is 5.82 Å². The third-order valence-corrected chi connectivity index (χ3v) is 7.01. The maximum absolute atomic E-state index is 13.3. The van der Waals surface area contributed by atoms with Gasteiger partial charge in [0.2, 0.25) is 0 Å². The predicted molar refractivity (Wildman–Crippen MR) is 165 cm³/mol. The van der Waals surface area contributed by atoms with Crippen molar-refractivity contribution in [3.63, 3.8) is 0 Å². The van der Waals surface area contributed by atoms with Crippen LogP contribution in [-0.4, -0.2) is 76.0 Å². The van der Waals surface area contributed by atoms with Crippen molar-refractivity contribution in [3.05, 3.63) is 78.1 Å². The van der Waals surface area contributed by atoms with Crippen LogP contribution in [0.4, 0.5) is 21.8 Å². The number of aliphatic imine (C=N–C) groups is 1. The Morgan fingerprint density at radius 3 is 2.86 bits per heavy atom. The Morgan fingerprint density at radius 1 is 1.19 bits per heavy atom. The van der Waals surface area contributed by atoms with E-state index in [1.807, 2.05) is 0 Å². The van der Waals surface area contributed by atoms with Gasteiger partial charge < -0.3 is 26.2 Å². The first-order chi connectivity index (χ1) is 21.0. The minimum Gasteiger partial charge on any atom is -0.492 e. The molecule has 0 unspecified atom stereocenters. The summed E-state index contributed by atoms with van der Waals surface area (Å²) >= 11 is 0. The molecule has 5 N–H and O–H groups in total. The van der Waals surface area contributed by atoms with Crippen molar-refractivity contribution in [2.75, 3.05) is 43.4 Å². The number of hydrogen-bond donors (Lipinski definition) is 4. The monoisotopic (exact) mass is 590 g/mol. The molecule has 3 aromatic rings. The van der Waals surface area contributed by atoms with Gasteiger partial charge in [0.1, 0.15) is 42.2 Å². The lowest BCUT2D eigenvalue weighted by atomic mass is 10.1. The molecule has 228 valence electrons. The molecule has 1 aliphatic heterocycles. The Morgan fingerprint density at radius 2 is 2.05 bits per heavy atom. The number of carboxylic acids is 1. The maximum atomic E-state index is 13.3. The van der Waals surface area contributed by atoms with E-state index in [1.54, 1.807) is 24.3 Å². The number of hydrogen-bond acceptors (Lipinski definition) is 10. The van der Waals surface area contributed by atoms with Crippen LogP contribution in [0.25, 0.3) is 0 Å². The highest BCUT2D eigenvalue weighted by Crippen LogP contribution is 2.20. The zero-order valence-electron chi connectivity index (χ0n) is 24.2. The molecule has 0 saturated heterocycles. The molecule has 0 spiro atoms. The number of benzene rings is 1. The van der Waals surface area contributed by atoms with Crippen LogP contribution in [0.1, 0.15) is 36.9 Å². The number of pyridine rings is 1. The van der Waals surface area contributed by atoms with Crippen LogP contribution in [0.2, 0.25) is 0 Å². The molecule has 1 aliphatic rings. The zero-order valence-corrected chi connectivity index (χ0v) is 24.2. The van der Waals surface area contributed by atoms with E-state index in [9.17, 15) is 14.3 Å². The van der Waals surface area contributed by atoms with Crippen molar-refractivity contribution >= 4 is 29.6 Å². The Kier molecular flexibility index (Phi) is 12.2. The van der Waals surface area contributed by atoms with Crippen molar-refractivity contribution < 1.29 is 19.0 Å². The molecule has 43 heavy (non-hydrogen) atoms. The standard InChI is InChI=1S/C31H39FN8O3/c32-24-8-11-26(12-9-24)43-20-19-40(17-2-1-6-25-10-7-23-5-3-15-35-30(23)38-25)18-13-27(31(41)42)39-29-21-28(36-22-37-29)34-16-4-14-33/h4,7-12,14,16,21-22,27H,1-3,5-6,13,15,17-20,33H2,(H,35,38)(H,41,42)(H,36,37,39)/t27-/m0/s1. The van der Waals surface area contributed by atoms with Crippen LogP contribution in [0.3, 0.4) is 0 Å². The molecule has 0 aliphatic carbocycles. The van der Waals surface area contributed by atoms with E-state index in [0.29, 0.717) is 43.5 Å². The maximum Gasteiger partial charge on any atom is 0.326 e. The first-order valence-electron chi connectivity index (χ1n) is 14.6. The highest BCUT2D eigenvalue weighted by molar-refractivity contribution is 5.77. The number of aromatic nitrogens is 3. The number of unbranched alkanes of at least 4 members (excludes halogenated alkanes) is 1. The van der Waals surface area contributed by atoms with Crippen LogP contribution < -0.4 is 21.1 Å². The molecule has 0 radical (unpaired) electrons. The fourth-order valence-electron chi connectivity index (χ4n) is 4.72. The number of fused-ring (bicyclic) bond motifs is 1. The van der Waals surface area contributed by atoms with E-state index < -0.39 is 12.0 Å². The highest BCUT2D eigenvalue weighted by atomic mass is 19.1. The van der Waals surface area contributed by atoms with Crippen LogP contribution in [0.5, 0.6) is 5.75 Å². The second-order valence-corrected chi connectivity index (χ2v) is 10.2. The van der Waals surface area contributed by atoms with Crippen LogP contribution >= 0.6 is 0 Å². The van der Waals surface area contributed by atoms with Crippen molar-refractivity contribution in [3.8, 4) is 5.75 Å². The lowest BCUT2D eigenvalue weighted by Gasteiger charge is -2.24. The number of nitrogens with two attached hydrogens (primary N) is 1. The highest BCUT2D eigenvalue weighted by Gasteiger charge is 2.20. The van der Waals surface area contributed by atoms with Gasteiger partial charge in [-0.25, -0.2) is 29.1 Å².